The molecule has 0 aliphatic carbocycles. The van der Waals surface area contributed by atoms with E-state index < -0.39 is 0 Å². The third-order valence-electron chi connectivity index (χ3n) is 5.12. The largest absolute Gasteiger partial charge is 0.353 e. The molecule has 4 rings (SSSR count). The van der Waals surface area contributed by atoms with E-state index in [-0.39, 0.29) is 17.9 Å². The number of fused-ring (bicyclic) bond motifs is 1. The topological polar surface area (TPSA) is 65.2 Å². The third-order valence-corrected chi connectivity index (χ3v) is 5.12. The van der Waals surface area contributed by atoms with Gasteiger partial charge in [0.05, 0.1) is 6.42 Å². The SMILES string of the molecule is O=C(Cc1ccccc1)NC1CCN(C(=O)c2cc3ccccc3[nH]2)CC1. The number of H-pyrrole nitrogens is 1. The monoisotopic (exact) mass is 361 g/mol. The Hall–Kier alpha value is -3.08. The smallest absolute Gasteiger partial charge is 0.270 e. The Morgan fingerprint density at radius 2 is 1.70 bits per heavy atom. The van der Waals surface area contributed by atoms with Crippen molar-refractivity contribution in [2.75, 3.05) is 13.1 Å². The minimum absolute atomic E-state index is 0.0280. The number of piperidine rings is 1. The van der Waals surface area contributed by atoms with Gasteiger partial charge in [-0.3, -0.25) is 9.59 Å². The van der Waals surface area contributed by atoms with E-state index in [2.05, 4.69) is 10.3 Å². The molecule has 5 heteroatoms. The van der Waals surface area contributed by atoms with Crippen LogP contribution in [0.3, 0.4) is 0 Å². The zero-order valence-corrected chi connectivity index (χ0v) is 15.2. The fourth-order valence-electron chi connectivity index (χ4n) is 3.65. The molecular weight excluding hydrogens is 338 g/mol. The minimum atomic E-state index is 0.0280. The molecule has 27 heavy (non-hydrogen) atoms. The molecule has 1 saturated heterocycles. The van der Waals surface area contributed by atoms with E-state index in [0.29, 0.717) is 25.2 Å². The Morgan fingerprint density at radius 3 is 2.44 bits per heavy atom. The predicted octanol–water partition coefficient (Wildman–Crippen LogP) is 3.13. The third kappa shape index (κ3) is 4.03. The summed E-state index contributed by atoms with van der Waals surface area (Å²) in [6, 6.07) is 19.7. The normalized spacial score (nSPS) is 15.0. The molecule has 2 aromatic carbocycles. The van der Waals surface area contributed by atoms with Gasteiger partial charge in [-0.1, -0.05) is 48.5 Å². The number of carbonyl (C=O) groups excluding carboxylic acids is 2. The maximum atomic E-state index is 12.7. The quantitative estimate of drug-likeness (QED) is 0.750. The second-order valence-electron chi connectivity index (χ2n) is 7.07. The Labute approximate surface area is 158 Å². The van der Waals surface area contributed by atoms with E-state index in [1.165, 1.54) is 0 Å². The highest BCUT2D eigenvalue weighted by atomic mass is 16.2. The fourth-order valence-corrected chi connectivity index (χ4v) is 3.65. The number of nitrogens with one attached hydrogen (secondary N) is 2. The molecule has 1 aliphatic heterocycles. The van der Waals surface area contributed by atoms with Crippen LogP contribution < -0.4 is 5.32 Å². The molecule has 2 N–H and O–H groups in total. The first-order valence-corrected chi connectivity index (χ1v) is 9.39. The van der Waals surface area contributed by atoms with Crippen molar-refractivity contribution in [3.8, 4) is 0 Å². The Kier molecular flexibility index (Phi) is 4.92. The highest BCUT2D eigenvalue weighted by Gasteiger charge is 2.25. The summed E-state index contributed by atoms with van der Waals surface area (Å²) in [4.78, 5) is 30.0. The van der Waals surface area contributed by atoms with Crippen LogP contribution in [-0.2, 0) is 11.2 Å². The number of amides is 2. The summed E-state index contributed by atoms with van der Waals surface area (Å²) in [6.07, 6.45) is 1.97. The summed E-state index contributed by atoms with van der Waals surface area (Å²) in [5.74, 6) is 0.0712. The van der Waals surface area contributed by atoms with Crippen molar-refractivity contribution in [3.63, 3.8) is 0 Å². The number of hydrogen-bond donors (Lipinski definition) is 2. The van der Waals surface area contributed by atoms with Gasteiger partial charge in [-0.15, -0.1) is 0 Å². The zero-order valence-electron chi connectivity index (χ0n) is 15.2. The van der Waals surface area contributed by atoms with Crippen LogP contribution >= 0.6 is 0 Å². The van der Waals surface area contributed by atoms with Crippen molar-refractivity contribution < 1.29 is 9.59 Å². The molecule has 1 aromatic heterocycles. The summed E-state index contributed by atoms with van der Waals surface area (Å²) in [5.41, 5.74) is 2.62. The number of aromatic amines is 1. The number of aromatic nitrogens is 1. The first-order chi connectivity index (χ1) is 13.2. The van der Waals surface area contributed by atoms with Gasteiger partial charge in [0.2, 0.25) is 5.91 Å². The zero-order chi connectivity index (χ0) is 18.6. The molecule has 0 atom stereocenters. The van der Waals surface area contributed by atoms with E-state index in [0.717, 1.165) is 29.3 Å². The predicted molar refractivity (Wildman–Crippen MR) is 106 cm³/mol. The Bertz CT molecular complexity index is 907. The van der Waals surface area contributed by atoms with Crippen molar-refractivity contribution in [3.05, 3.63) is 71.9 Å². The fraction of sp³-hybridized carbons (Fsp3) is 0.273. The lowest BCUT2D eigenvalue weighted by Gasteiger charge is -2.32. The number of carbonyl (C=O) groups is 2. The number of para-hydroxylation sites is 1. The van der Waals surface area contributed by atoms with Gasteiger partial charge in [-0.25, -0.2) is 0 Å². The van der Waals surface area contributed by atoms with Crippen LogP contribution in [0.4, 0.5) is 0 Å². The molecule has 0 radical (unpaired) electrons. The summed E-state index contributed by atoms with van der Waals surface area (Å²) in [6.45, 7) is 1.31. The summed E-state index contributed by atoms with van der Waals surface area (Å²) in [7, 11) is 0. The average Bonchev–Trinajstić information content (AvgIpc) is 3.13. The van der Waals surface area contributed by atoms with Crippen LogP contribution in [0.2, 0.25) is 0 Å². The van der Waals surface area contributed by atoms with Crippen LogP contribution in [-0.4, -0.2) is 40.8 Å². The van der Waals surface area contributed by atoms with Crippen LogP contribution in [0, 0.1) is 0 Å². The summed E-state index contributed by atoms with van der Waals surface area (Å²) in [5, 5.41) is 4.15. The molecule has 1 aliphatic rings. The van der Waals surface area contributed by atoms with Gasteiger partial charge >= 0.3 is 0 Å². The lowest BCUT2D eigenvalue weighted by atomic mass is 10.0. The molecule has 0 saturated carbocycles. The maximum absolute atomic E-state index is 12.7. The second-order valence-corrected chi connectivity index (χ2v) is 7.07. The molecule has 3 aromatic rings. The highest BCUT2D eigenvalue weighted by Crippen LogP contribution is 2.18. The van der Waals surface area contributed by atoms with Gasteiger partial charge in [0.1, 0.15) is 5.69 Å². The van der Waals surface area contributed by atoms with Gasteiger partial charge < -0.3 is 15.2 Å². The number of rotatable bonds is 4. The minimum Gasteiger partial charge on any atom is -0.353 e. The standard InChI is InChI=1S/C22H23N3O2/c26-21(14-16-6-2-1-3-7-16)23-18-10-12-25(13-11-18)22(27)20-15-17-8-4-5-9-19(17)24-20/h1-9,15,18,24H,10-14H2,(H,23,26). The lowest BCUT2D eigenvalue weighted by Crippen LogP contribution is -2.47. The van der Waals surface area contributed by atoms with Crippen molar-refractivity contribution in [1.29, 1.82) is 0 Å². The molecule has 5 nitrogen and oxygen atoms in total. The van der Waals surface area contributed by atoms with E-state index in [9.17, 15) is 9.59 Å². The maximum Gasteiger partial charge on any atom is 0.270 e. The first kappa shape index (κ1) is 17.3. The molecule has 2 amide bonds. The summed E-state index contributed by atoms with van der Waals surface area (Å²) >= 11 is 0. The summed E-state index contributed by atoms with van der Waals surface area (Å²) < 4.78 is 0. The average molecular weight is 361 g/mol. The number of hydrogen-bond acceptors (Lipinski definition) is 2. The van der Waals surface area contributed by atoms with Gasteiger partial charge in [0, 0.05) is 30.0 Å². The van der Waals surface area contributed by atoms with Gasteiger partial charge in [-0.2, -0.15) is 0 Å². The highest BCUT2D eigenvalue weighted by molar-refractivity contribution is 5.98. The number of likely N-dealkylation sites (tertiary alicyclic amines) is 1. The molecule has 2 heterocycles. The molecule has 0 spiro atoms. The van der Waals surface area contributed by atoms with Crippen molar-refractivity contribution in [2.24, 2.45) is 0 Å². The molecule has 138 valence electrons. The second kappa shape index (κ2) is 7.66. The van der Waals surface area contributed by atoms with Crippen LogP contribution in [0.5, 0.6) is 0 Å². The number of benzene rings is 2. The van der Waals surface area contributed by atoms with Crippen LogP contribution in [0.25, 0.3) is 10.9 Å². The van der Waals surface area contributed by atoms with Crippen molar-refractivity contribution >= 4 is 22.7 Å². The van der Waals surface area contributed by atoms with Gasteiger partial charge in [-0.05, 0) is 30.5 Å². The van der Waals surface area contributed by atoms with E-state index in [4.69, 9.17) is 0 Å². The Balaban J connectivity index is 1.30. The van der Waals surface area contributed by atoms with Crippen molar-refractivity contribution in [1.82, 2.24) is 15.2 Å². The van der Waals surface area contributed by atoms with Gasteiger partial charge in [0.25, 0.3) is 5.91 Å². The Morgan fingerprint density at radius 1 is 1.00 bits per heavy atom. The molecular formula is C22H23N3O2. The van der Waals surface area contributed by atoms with Crippen molar-refractivity contribution in [2.45, 2.75) is 25.3 Å². The first-order valence-electron chi connectivity index (χ1n) is 9.39. The molecule has 0 bridgehead atoms. The molecule has 1 fully saturated rings. The molecule has 0 unspecified atom stereocenters. The van der Waals surface area contributed by atoms with Crippen LogP contribution in [0.15, 0.2) is 60.7 Å². The van der Waals surface area contributed by atoms with E-state index >= 15 is 0 Å². The number of nitrogens with zero attached hydrogens (tertiary/aromatic N) is 1. The van der Waals surface area contributed by atoms with E-state index in [1.54, 1.807) is 0 Å². The van der Waals surface area contributed by atoms with E-state index in [1.807, 2.05) is 65.6 Å². The lowest BCUT2D eigenvalue weighted by molar-refractivity contribution is -0.121. The van der Waals surface area contributed by atoms with Gasteiger partial charge in [0.15, 0.2) is 0 Å². The van der Waals surface area contributed by atoms with Crippen LogP contribution in [0.1, 0.15) is 28.9 Å².